The van der Waals surface area contributed by atoms with Crippen LogP contribution in [0.3, 0.4) is 0 Å². The molecular formula is C16H22FNO5. The van der Waals surface area contributed by atoms with Crippen LogP contribution in [0.5, 0.6) is 0 Å². The Morgan fingerprint density at radius 2 is 1.91 bits per heavy atom. The first-order valence-electron chi connectivity index (χ1n) is 7.14. The maximum atomic E-state index is 13.5. The summed E-state index contributed by atoms with van der Waals surface area (Å²) in [6, 6.07) is 3.49. The lowest BCUT2D eigenvalue weighted by molar-refractivity contribution is 0.0129. The van der Waals surface area contributed by atoms with Gasteiger partial charge in [-0.2, -0.15) is 0 Å². The molecule has 0 radical (unpaired) electrons. The van der Waals surface area contributed by atoms with Gasteiger partial charge in [-0.25, -0.2) is 9.18 Å². The molecule has 6 nitrogen and oxygen atoms in total. The summed E-state index contributed by atoms with van der Waals surface area (Å²) in [5, 5.41) is 22.3. The van der Waals surface area contributed by atoms with Gasteiger partial charge in [-0.3, -0.25) is 4.79 Å². The Morgan fingerprint density at radius 3 is 2.43 bits per heavy atom. The monoisotopic (exact) mass is 327 g/mol. The van der Waals surface area contributed by atoms with Crippen LogP contribution < -0.4 is 5.32 Å². The quantitative estimate of drug-likeness (QED) is 0.718. The van der Waals surface area contributed by atoms with Crippen LogP contribution >= 0.6 is 0 Å². The molecule has 0 aliphatic heterocycles. The normalized spacial score (nSPS) is 14.0. The van der Waals surface area contributed by atoms with E-state index in [0.29, 0.717) is 0 Å². The van der Waals surface area contributed by atoms with Crippen LogP contribution in [0.15, 0.2) is 18.2 Å². The van der Waals surface area contributed by atoms with Gasteiger partial charge in [0, 0.05) is 6.54 Å². The Kier molecular flexibility index (Phi) is 6.23. The van der Waals surface area contributed by atoms with Gasteiger partial charge in [0.25, 0.3) is 0 Å². The average Bonchev–Trinajstić information content (AvgIpc) is 2.42. The van der Waals surface area contributed by atoms with E-state index >= 15 is 0 Å². The molecule has 0 saturated heterocycles. The predicted molar refractivity (Wildman–Crippen MR) is 81.6 cm³/mol. The van der Waals surface area contributed by atoms with Crippen molar-refractivity contribution in [2.45, 2.75) is 45.5 Å². The highest BCUT2D eigenvalue weighted by Gasteiger charge is 2.22. The Hall–Kier alpha value is -1.99. The van der Waals surface area contributed by atoms with Gasteiger partial charge >= 0.3 is 6.09 Å². The van der Waals surface area contributed by atoms with Crippen molar-refractivity contribution >= 4 is 11.9 Å². The van der Waals surface area contributed by atoms with Gasteiger partial charge in [-0.1, -0.05) is 6.07 Å². The molecule has 0 aromatic heterocycles. The lowest BCUT2D eigenvalue weighted by Crippen LogP contribution is -2.38. The summed E-state index contributed by atoms with van der Waals surface area (Å²) in [4.78, 5) is 22.8. The van der Waals surface area contributed by atoms with Crippen LogP contribution in [0, 0.1) is 5.82 Å². The van der Waals surface area contributed by atoms with Crippen molar-refractivity contribution in [1.82, 2.24) is 5.32 Å². The first kappa shape index (κ1) is 19.1. The number of aliphatic hydroxyl groups excluding tert-OH is 2. The maximum absolute atomic E-state index is 13.5. The molecule has 0 bridgehead atoms. The largest absolute Gasteiger partial charge is 0.444 e. The first-order valence-corrected chi connectivity index (χ1v) is 7.14. The topological polar surface area (TPSA) is 95.9 Å². The van der Waals surface area contributed by atoms with Crippen LogP contribution in [0.25, 0.3) is 0 Å². The number of alkyl carbamates (subject to hydrolysis) is 1. The number of halogens is 1. The summed E-state index contributed by atoms with van der Waals surface area (Å²) in [6.07, 6.45) is -3.45. The summed E-state index contributed by atoms with van der Waals surface area (Å²) >= 11 is 0. The van der Waals surface area contributed by atoms with Gasteiger partial charge in [-0.15, -0.1) is 0 Å². The van der Waals surface area contributed by atoms with Crippen LogP contribution in [0.2, 0.25) is 0 Å². The number of carbonyl (C=O) groups excluding carboxylic acids is 2. The fraction of sp³-hybridized carbons (Fsp3) is 0.500. The minimum absolute atomic E-state index is 0.172. The van der Waals surface area contributed by atoms with E-state index < -0.39 is 35.5 Å². The Morgan fingerprint density at radius 1 is 1.30 bits per heavy atom. The average molecular weight is 327 g/mol. The zero-order valence-corrected chi connectivity index (χ0v) is 13.6. The zero-order chi connectivity index (χ0) is 17.8. The third-order valence-corrected chi connectivity index (χ3v) is 2.93. The zero-order valence-electron chi connectivity index (χ0n) is 13.6. The number of nitrogens with one attached hydrogen (secondary N) is 1. The number of aliphatic hydroxyl groups is 2. The van der Waals surface area contributed by atoms with E-state index in [2.05, 4.69) is 5.32 Å². The smallest absolute Gasteiger partial charge is 0.407 e. The highest BCUT2D eigenvalue weighted by Crippen LogP contribution is 2.20. The summed E-state index contributed by atoms with van der Waals surface area (Å²) in [5.41, 5.74) is -0.676. The fourth-order valence-electron chi connectivity index (χ4n) is 1.83. The van der Waals surface area contributed by atoms with Gasteiger partial charge in [0.2, 0.25) is 0 Å². The number of hydrogen-bond donors (Lipinski definition) is 3. The molecule has 2 atom stereocenters. The lowest BCUT2D eigenvalue weighted by atomic mass is 10.00. The highest BCUT2D eigenvalue weighted by molar-refractivity contribution is 5.94. The van der Waals surface area contributed by atoms with Crippen LogP contribution in [-0.2, 0) is 4.74 Å². The van der Waals surface area contributed by atoms with Crippen LogP contribution in [-0.4, -0.2) is 40.3 Å². The number of carbonyl (C=O) groups is 2. The number of Topliss-reactive ketones (excluding diaryl/α,β-unsaturated/α-hetero) is 1. The van der Waals surface area contributed by atoms with E-state index in [1.807, 2.05) is 0 Å². The molecule has 0 spiro atoms. The van der Waals surface area contributed by atoms with Crippen molar-refractivity contribution in [3.05, 3.63) is 35.1 Å². The number of ketones is 1. The van der Waals surface area contributed by atoms with Crippen molar-refractivity contribution in [3.8, 4) is 0 Å². The molecule has 7 heteroatoms. The molecule has 0 heterocycles. The molecule has 128 valence electrons. The third kappa shape index (κ3) is 5.96. The van der Waals surface area contributed by atoms with E-state index in [-0.39, 0.29) is 17.7 Å². The standard InChI is InChI=1S/C16H22FNO5/c1-9(19)11-7-10(5-6-12(11)17)14(21)13(20)8-18-15(22)23-16(2,3)4/h5-7,13-14,20-21H,8H2,1-4H3,(H,18,22). The van der Waals surface area contributed by atoms with Crippen LogP contribution in [0.4, 0.5) is 9.18 Å². The molecule has 0 saturated carbocycles. The van der Waals surface area contributed by atoms with Gasteiger partial charge in [0.15, 0.2) is 5.78 Å². The summed E-state index contributed by atoms with van der Waals surface area (Å²) in [5.74, 6) is -1.19. The molecule has 1 aromatic rings. The summed E-state index contributed by atoms with van der Waals surface area (Å²) in [7, 11) is 0. The molecule has 0 aliphatic carbocycles. The van der Waals surface area contributed by atoms with Crippen molar-refractivity contribution in [1.29, 1.82) is 0 Å². The Bertz CT molecular complexity index is 582. The molecule has 1 amide bonds. The maximum Gasteiger partial charge on any atom is 0.407 e. The molecular weight excluding hydrogens is 305 g/mol. The van der Waals surface area contributed by atoms with E-state index in [0.717, 1.165) is 6.07 Å². The van der Waals surface area contributed by atoms with Crippen molar-refractivity contribution in [2.24, 2.45) is 0 Å². The lowest BCUT2D eigenvalue weighted by Gasteiger charge is -2.22. The molecule has 1 rings (SSSR count). The first-order chi connectivity index (χ1) is 10.5. The third-order valence-electron chi connectivity index (χ3n) is 2.93. The highest BCUT2D eigenvalue weighted by atomic mass is 19.1. The number of amides is 1. The second kappa shape index (κ2) is 7.52. The van der Waals surface area contributed by atoms with Crippen LogP contribution in [0.1, 0.15) is 49.7 Å². The fourth-order valence-corrected chi connectivity index (χ4v) is 1.83. The SMILES string of the molecule is CC(=O)c1cc(C(O)C(O)CNC(=O)OC(C)(C)C)ccc1F. The second-order valence-electron chi connectivity index (χ2n) is 6.19. The van der Waals surface area contributed by atoms with Gasteiger partial charge < -0.3 is 20.3 Å². The molecule has 0 aliphatic rings. The molecule has 23 heavy (non-hydrogen) atoms. The summed E-state index contributed by atoms with van der Waals surface area (Å²) in [6.45, 7) is 6.02. The van der Waals surface area contributed by atoms with Gasteiger partial charge in [0.05, 0.1) is 5.56 Å². The molecule has 2 unspecified atom stereocenters. The number of hydrogen-bond acceptors (Lipinski definition) is 5. The summed E-state index contributed by atoms with van der Waals surface area (Å²) < 4.78 is 18.5. The van der Waals surface area contributed by atoms with E-state index in [9.17, 15) is 24.2 Å². The number of rotatable bonds is 5. The Labute approximate surface area is 134 Å². The minimum atomic E-state index is -1.39. The predicted octanol–water partition coefficient (Wildman–Crippen LogP) is 1.95. The van der Waals surface area contributed by atoms with Crippen molar-refractivity contribution in [2.75, 3.05) is 6.54 Å². The molecule has 1 aromatic carbocycles. The minimum Gasteiger partial charge on any atom is -0.444 e. The van der Waals surface area contributed by atoms with E-state index in [1.165, 1.54) is 19.1 Å². The van der Waals surface area contributed by atoms with E-state index in [1.54, 1.807) is 20.8 Å². The van der Waals surface area contributed by atoms with Crippen molar-refractivity contribution < 1.29 is 28.9 Å². The van der Waals surface area contributed by atoms with Crippen molar-refractivity contribution in [3.63, 3.8) is 0 Å². The van der Waals surface area contributed by atoms with E-state index in [4.69, 9.17) is 4.74 Å². The Balaban J connectivity index is 2.70. The molecule has 3 N–H and O–H groups in total. The number of ether oxygens (including phenoxy) is 1. The molecule has 0 fully saturated rings. The van der Waals surface area contributed by atoms with Gasteiger partial charge in [0.1, 0.15) is 23.6 Å². The second-order valence-corrected chi connectivity index (χ2v) is 6.19. The number of benzene rings is 1. The van der Waals surface area contributed by atoms with Gasteiger partial charge in [-0.05, 0) is 45.4 Å².